The molecule has 0 spiro atoms. The second-order valence-corrected chi connectivity index (χ2v) is 13.0. The molecule has 6 atom stereocenters. The van der Waals surface area contributed by atoms with Crippen molar-refractivity contribution in [1.29, 1.82) is 0 Å². The first-order chi connectivity index (χ1) is 22.4. The fraction of sp³-hybridized carbons (Fsp3) is 0.286. The number of amides is 4. The Hall–Kier alpha value is -5.03. The van der Waals surface area contributed by atoms with Crippen molar-refractivity contribution in [3.63, 3.8) is 0 Å². The largest absolute Gasteiger partial charge is 0.508 e. The number of anilines is 2. The number of rotatable bonds is 5. The summed E-state index contributed by atoms with van der Waals surface area (Å²) in [6.45, 7) is 1.69. The molecule has 1 saturated carbocycles. The Kier molecular flexibility index (Phi) is 7.01. The van der Waals surface area contributed by atoms with Crippen molar-refractivity contribution in [2.75, 3.05) is 16.9 Å². The molecule has 12 heteroatoms. The van der Waals surface area contributed by atoms with Crippen LogP contribution < -0.4 is 14.5 Å². The van der Waals surface area contributed by atoms with Gasteiger partial charge in [-0.25, -0.2) is 14.1 Å². The lowest BCUT2D eigenvalue weighted by Gasteiger charge is -2.49. The van der Waals surface area contributed by atoms with Crippen molar-refractivity contribution in [2.45, 2.75) is 25.7 Å². The smallest absolute Gasteiger partial charge is 0.335 e. The van der Waals surface area contributed by atoms with Gasteiger partial charge < -0.3 is 14.9 Å². The second kappa shape index (κ2) is 10.8. The number of nitrogens with zero attached hydrogens (tertiary/aromatic N) is 2. The molecule has 2 aliphatic heterocycles. The first-order valence-electron chi connectivity index (χ1n) is 15.0. The number of hydrogen-bond acceptors (Lipinski definition) is 7. The molecule has 2 N–H and O–H groups in total. The van der Waals surface area contributed by atoms with E-state index in [-0.39, 0.29) is 46.3 Å². The van der Waals surface area contributed by atoms with Crippen LogP contribution in [0.4, 0.5) is 15.8 Å². The Morgan fingerprint density at radius 2 is 1.70 bits per heavy atom. The summed E-state index contributed by atoms with van der Waals surface area (Å²) >= 11 is 6.06. The van der Waals surface area contributed by atoms with Crippen LogP contribution in [0.25, 0.3) is 0 Å². The number of fused-ring (bicyclic) bond motifs is 4. The lowest BCUT2D eigenvalue weighted by atomic mass is 9.51. The lowest BCUT2D eigenvalue weighted by molar-refractivity contribution is -0.131. The zero-order valence-corrected chi connectivity index (χ0v) is 25.9. The molecule has 2 saturated heterocycles. The Bertz CT molecular complexity index is 1960. The number of aromatic carboxylic acids is 1. The van der Waals surface area contributed by atoms with Gasteiger partial charge in [-0.15, -0.1) is 0 Å². The highest BCUT2D eigenvalue weighted by atomic mass is 35.5. The van der Waals surface area contributed by atoms with Crippen LogP contribution in [0.3, 0.4) is 0 Å². The van der Waals surface area contributed by atoms with Crippen molar-refractivity contribution < 1.29 is 43.3 Å². The molecule has 3 aromatic rings. The number of carbonyl (C=O) groups is 5. The number of halogens is 2. The quantitative estimate of drug-likeness (QED) is 0.277. The van der Waals surface area contributed by atoms with Gasteiger partial charge in [0.2, 0.25) is 23.6 Å². The molecule has 0 aromatic heterocycles. The third kappa shape index (κ3) is 4.32. The fourth-order valence-electron chi connectivity index (χ4n) is 8.20. The van der Waals surface area contributed by atoms with Crippen LogP contribution in [0, 0.1) is 34.9 Å². The molecule has 3 fully saturated rings. The predicted octanol–water partition coefficient (Wildman–Crippen LogP) is 5.33. The third-order valence-electron chi connectivity index (χ3n) is 10.3. The number of methoxy groups -OCH3 is 1. The number of allylic oxidation sites excluding steroid dienone is 2. The summed E-state index contributed by atoms with van der Waals surface area (Å²) in [4.78, 5) is 70.6. The number of carbonyl (C=O) groups excluding carboxylic acids is 4. The van der Waals surface area contributed by atoms with E-state index in [4.69, 9.17) is 16.3 Å². The summed E-state index contributed by atoms with van der Waals surface area (Å²) in [5.41, 5.74) is -0.0460. The van der Waals surface area contributed by atoms with Crippen LogP contribution in [-0.2, 0) is 19.2 Å². The van der Waals surface area contributed by atoms with Gasteiger partial charge in [0, 0.05) is 17.5 Å². The normalized spacial score (nSPS) is 28.2. The molecule has 6 unspecified atom stereocenters. The van der Waals surface area contributed by atoms with Gasteiger partial charge >= 0.3 is 5.97 Å². The van der Waals surface area contributed by atoms with Crippen molar-refractivity contribution >= 4 is 52.6 Å². The van der Waals surface area contributed by atoms with Crippen molar-refractivity contribution in [1.82, 2.24) is 0 Å². The second-order valence-electron chi connectivity index (χ2n) is 12.6. The van der Waals surface area contributed by atoms with Crippen molar-refractivity contribution in [3.05, 3.63) is 94.3 Å². The van der Waals surface area contributed by atoms with E-state index in [0.29, 0.717) is 11.1 Å². The highest BCUT2D eigenvalue weighted by Gasteiger charge is 2.68. The number of ether oxygens (including phenoxy) is 1. The third-order valence-corrected chi connectivity index (χ3v) is 10.6. The molecule has 10 nitrogen and oxygen atoms in total. The van der Waals surface area contributed by atoms with Gasteiger partial charge in [-0.2, -0.15) is 0 Å². The summed E-state index contributed by atoms with van der Waals surface area (Å²) in [6, 6.07) is 13.7. The number of benzene rings is 3. The molecule has 2 heterocycles. The molecule has 4 amide bonds. The van der Waals surface area contributed by atoms with Gasteiger partial charge in [-0.3, -0.25) is 24.1 Å². The molecule has 4 aliphatic rings. The summed E-state index contributed by atoms with van der Waals surface area (Å²) in [5.74, 6) is -7.89. The van der Waals surface area contributed by atoms with Gasteiger partial charge in [-0.1, -0.05) is 35.4 Å². The zero-order valence-electron chi connectivity index (χ0n) is 25.1. The Balaban J connectivity index is 1.38. The van der Waals surface area contributed by atoms with E-state index in [9.17, 15) is 38.6 Å². The van der Waals surface area contributed by atoms with Crippen LogP contribution in [0.5, 0.6) is 11.5 Å². The molecule has 240 valence electrons. The average molecular weight is 659 g/mol. The maximum atomic E-state index is 14.5. The number of carboxylic acid groups (broad SMARTS) is 1. The van der Waals surface area contributed by atoms with E-state index < -0.39 is 70.4 Å². The van der Waals surface area contributed by atoms with Crippen LogP contribution in [0.15, 0.2) is 72.3 Å². The van der Waals surface area contributed by atoms with E-state index in [1.165, 1.54) is 55.6 Å². The Morgan fingerprint density at radius 3 is 2.40 bits per heavy atom. The van der Waals surface area contributed by atoms with Crippen LogP contribution in [-0.4, -0.2) is 46.9 Å². The topological polar surface area (TPSA) is 142 Å². The summed E-state index contributed by atoms with van der Waals surface area (Å²) in [5, 5.41) is 19.5. The molecule has 0 radical (unpaired) electrons. The monoisotopic (exact) mass is 658 g/mol. The van der Waals surface area contributed by atoms with Crippen molar-refractivity contribution in [2.24, 2.45) is 29.1 Å². The van der Waals surface area contributed by atoms with Crippen LogP contribution >= 0.6 is 11.6 Å². The predicted molar refractivity (Wildman–Crippen MR) is 167 cm³/mol. The van der Waals surface area contributed by atoms with Gasteiger partial charge in [-0.05, 0) is 68.1 Å². The standard InChI is InChI=1S/C35H28ClFN2O8/c1-35-24(31(42)39(34(35)46)18-6-11-26(37)25(36)13-18)15-23-20(29(35)21-8-7-19(40)14-27(21)47-2)9-10-22-28(23)32(43)38(30(22)41)17-5-3-4-16(12-17)33(44)45/h3-9,11-14,22-24,28-29,40H,10,15H2,1-2H3,(H,44,45). The number of phenolic OH excluding ortho intramolecular Hbond substituents is 1. The SMILES string of the molecule is COc1cc(O)ccc1C1C2=CCC3C(=O)N(c4cccc(C(=O)O)c4)C(=O)C3C2CC2C(=O)N(c3ccc(F)c(Cl)c3)C(=O)C21C. The minimum atomic E-state index is -1.40. The zero-order chi connectivity index (χ0) is 33.5. The van der Waals surface area contributed by atoms with Gasteiger partial charge in [0.05, 0.1) is 52.2 Å². The maximum Gasteiger partial charge on any atom is 0.335 e. The molecule has 47 heavy (non-hydrogen) atoms. The summed E-state index contributed by atoms with van der Waals surface area (Å²) < 4.78 is 19.8. The number of imide groups is 2. The minimum absolute atomic E-state index is 0.0679. The van der Waals surface area contributed by atoms with E-state index >= 15 is 0 Å². The molecule has 0 bridgehead atoms. The summed E-state index contributed by atoms with van der Waals surface area (Å²) in [6.07, 6.45) is 2.10. The highest BCUT2D eigenvalue weighted by Crippen LogP contribution is 2.64. The van der Waals surface area contributed by atoms with E-state index in [1.807, 2.05) is 6.08 Å². The molecule has 2 aliphatic carbocycles. The highest BCUT2D eigenvalue weighted by molar-refractivity contribution is 6.32. The van der Waals surface area contributed by atoms with Crippen LogP contribution in [0.2, 0.25) is 5.02 Å². The first-order valence-corrected chi connectivity index (χ1v) is 15.4. The number of aromatic hydroxyl groups is 1. The molecular formula is C35H28ClFN2O8. The number of phenols is 1. The van der Waals surface area contributed by atoms with E-state index in [1.54, 1.807) is 13.0 Å². The lowest BCUT2D eigenvalue weighted by Crippen LogP contribution is -2.49. The fourth-order valence-corrected chi connectivity index (χ4v) is 8.38. The average Bonchev–Trinajstić information content (AvgIpc) is 3.42. The number of carboxylic acids is 1. The van der Waals surface area contributed by atoms with Crippen LogP contribution in [0.1, 0.15) is 41.6 Å². The molecule has 3 aromatic carbocycles. The van der Waals surface area contributed by atoms with Gasteiger partial charge in [0.25, 0.3) is 0 Å². The molecular weight excluding hydrogens is 631 g/mol. The van der Waals surface area contributed by atoms with E-state index in [0.717, 1.165) is 15.9 Å². The van der Waals surface area contributed by atoms with Crippen molar-refractivity contribution in [3.8, 4) is 11.5 Å². The first kappa shape index (κ1) is 30.6. The van der Waals surface area contributed by atoms with Gasteiger partial charge in [0.15, 0.2) is 0 Å². The minimum Gasteiger partial charge on any atom is -0.508 e. The summed E-state index contributed by atoms with van der Waals surface area (Å²) in [7, 11) is 1.42. The maximum absolute atomic E-state index is 14.5. The van der Waals surface area contributed by atoms with E-state index in [2.05, 4.69) is 0 Å². The van der Waals surface area contributed by atoms with Gasteiger partial charge in [0.1, 0.15) is 17.3 Å². The molecule has 7 rings (SSSR count). The Morgan fingerprint density at radius 1 is 0.957 bits per heavy atom. The number of hydrogen-bond donors (Lipinski definition) is 2. The Labute approximate surface area is 273 Å².